The van der Waals surface area contributed by atoms with Crippen molar-refractivity contribution in [2.75, 3.05) is 14.2 Å². The van der Waals surface area contributed by atoms with Crippen molar-refractivity contribution in [3.63, 3.8) is 0 Å². The van der Waals surface area contributed by atoms with Crippen LogP contribution in [0.4, 0.5) is 0 Å². The van der Waals surface area contributed by atoms with Gasteiger partial charge in [0.2, 0.25) is 0 Å². The summed E-state index contributed by atoms with van der Waals surface area (Å²) in [6.07, 6.45) is -3.16. The first-order valence-corrected chi connectivity index (χ1v) is 5.07. The van der Waals surface area contributed by atoms with Crippen LogP contribution in [0.3, 0.4) is 0 Å². The molecular weight excluding hydrogens is 238 g/mol. The van der Waals surface area contributed by atoms with Crippen LogP contribution in [0.1, 0.15) is 17.2 Å². The average molecular weight is 251 g/mol. The van der Waals surface area contributed by atoms with Crippen LogP contribution < -0.4 is 4.74 Å². The lowest BCUT2D eigenvalue weighted by atomic mass is 10.0. The molecule has 0 heterocycles. The number of benzene rings is 1. The standard InChI is InChI=1S/C12H13NO5/c1-17-9-4-3-7(5-8(9)6-13)10(14)11(15)12(16)18-2/h3-5,10-11,14-15H,1-2H3. The monoisotopic (exact) mass is 251 g/mol. The number of aliphatic hydroxyl groups is 2. The van der Waals surface area contributed by atoms with Gasteiger partial charge in [0, 0.05) is 0 Å². The zero-order valence-corrected chi connectivity index (χ0v) is 9.95. The fraction of sp³-hybridized carbons (Fsp3) is 0.333. The maximum Gasteiger partial charge on any atom is 0.337 e. The number of nitrogens with zero attached hydrogens (tertiary/aromatic N) is 1. The van der Waals surface area contributed by atoms with E-state index in [1.807, 2.05) is 6.07 Å². The normalized spacial score (nSPS) is 13.3. The van der Waals surface area contributed by atoms with Crippen LogP contribution in [0.25, 0.3) is 0 Å². The van der Waals surface area contributed by atoms with Gasteiger partial charge in [-0.05, 0) is 17.7 Å². The third-order valence-corrected chi connectivity index (χ3v) is 2.43. The number of ether oxygens (including phenoxy) is 2. The fourth-order valence-electron chi connectivity index (χ4n) is 1.43. The molecule has 2 atom stereocenters. The number of esters is 1. The van der Waals surface area contributed by atoms with Crippen LogP contribution in [0.5, 0.6) is 5.75 Å². The van der Waals surface area contributed by atoms with Gasteiger partial charge in [0.15, 0.2) is 6.10 Å². The Bertz CT molecular complexity index is 480. The molecule has 6 heteroatoms. The molecule has 2 unspecified atom stereocenters. The Morgan fingerprint density at radius 1 is 1.39 bits per heavy atom. The predicted octanol–water partition coefficient (Wildman–Crippen LogP) is 0.134. The number of hydrogen-bond acceptors (Lipinski definition) is 6. The summed E-state index contributed by atoms with van der Waals surface area (Å²) in [4.78, 5) is 11.1. The van der Waals surface area contributed by atoms with Crippen LogP contribution in [0, 0.1) is 11.3 Å². The van der Waals surface area contributed by atoms with E-state index in [9.17, 15) is 15.0 Å². The van der Waals surface area contributed by atoms with Gasteiger partial charge in [-0.15, -0.1) is 0 Å². The first kappa shape index (κ1) is 14.0. The summed E-state index contributed by atoms with van der Waals surface area (Å²) in [5, 5.41) is 28.1. The minimum atomic E-state index is -1.70. The number of rotatable bonds is 4. The summed E-state index contributed by atoms with van der Waals surface area (Å²) in [5.41, 5.74) is 0.427. The molecule has 0 fully saturated rings. The second-order valence-corrected chi connectivity index (χ2v) is 3.48. The zero-order valence-electron chi connectivity index (χ0n) is 9.95. The van der Waals surface area contributed by atoms with Gasteiger partial charge in [0.1, 0.15) is 17.9 Å². The van der Waals surface area contributed by atoms with E-state index >= 15 is 0 Å². The quantitative estimate of drug-likeness (QED) is 0.738. The summed E-state index contributed by atoms with van der Waals surface area (Å²) in [6.45, 7) is 0. The lowest BCUT2D eigenvalue weighted by Crippen LogP contribution is -2.29. The Morgan fingerprint density at radius 2 is 2.06 bits per heavy atom. The SMILES string of the molecule is COC(=O)C(O)C(O)c1ccc(OC)c(C#N)c1. The van der Waals surface area contributed by atoms with Gasteiger partial charge in [-0.25, -0.2) is 4.79 Å². The van der Waals surface area contributed by atoms with Gasteiger partial charge >= 0.3 is 5.97 Å². The Kier molecular flexibility index (Phi) is 4.66. The van der Waals surface area contributed by atoms with Crippen molar-refractivity contribution in [3.8, 4) is 11.8 Å². The third kappa shape index (κ3) is 2.77. The van der Waals surface area contributed by atoms with E-state index in [0.29, 0.717) is 5.75 Å². The highest BCUT2D eigenvalue weighted by Crippen LogP contribution is 2.24. The molecule has 18 heavy (non-hydrogen) atoms. The molecule has 0 radical (unpaired) electrons. The van der Waals surface area contributed by atoms with Crippen molar-refractivity contribution in [1.82, 2.24) is 0 Å². The van der Waals surface area contributed by atoms with Crippen molar-refractivity contribution in [2.45, 2.75) is 12.2 Å². The number of carbonyl (C=O) groups excluding carboxylic acids is 1. The lowest BCUT2D eigenvalue weighted by Gasteiger charge is -2.16. The van der Waals surface area contributed by atoms with E-state index in [0.717, 1.165) is 7.11 Å². The highest BCUT2D eigenvalue weighted by Gasteiger charge is 2.27. The van der Waals surface area contributed by atoms with Crippen molar-refractivity contribution in [3.05, 3.63) is 29.3 Å². The Labute approximate surface area is 104 Å². The van der Waals surface area contributed by atoms with Gasteiger partial charge < -0.3 is 19.7 Å². The Morgan fingerprint density at radius 3 is 2.56 bits per heavy atom. The van der Waals surface area contributed by atoms with Crippen LogP contribution in [-0.2, 0) is 9.53 Å². The number of carbonyl (C=O) groups is 1. The van der Waals surface area contributed by atoms with Crippen LogP contribution in [0.2, 0.25) is 0 Å². The van der Waals surface area contributed by atoms with E-state index in [1.165, 1.54) is 25.3 Å². The van der Waals surface area contributed by atoms with Gasteiger partial charge in [-0.1, -0.05) is 6.07 Å². The Hall–Kier alpha value is -2.10. The smallest absolute Gasteiger partial charge is 0.337 e. The predicted molar refractivity (Wildman–Crippen MR) is 60.7 cm³/mol. The maximum atomic E-state index is 11.1. The van der Waals surface area contributed by atoms with Crippen molar-refractivity contribution in [2.24, 2.45) is 0 Å². The van der Waals surface area contributed by atoms with Crippen molar-refractivity contribution >= 4 is 5.97 Å². The molecule has 0 aromatic heterocycles. The molecule has 96 valence electrons. The van der Waals surface area contributed by atoms with Gasteiger partial charge in [-0.3, -0.25) is 0 Å². The molecule has 6 nitrogen and oxygen atoms in total. The van der Waals surface area contributed by atoms with E-state index in [-0.39, 0.29) is 11.1 Å². The second-order valence-electron chi connectivity index (χ2n) is 3.48. The van der Waals surface area contributed by atoms with Crippen LogP contribution >= 0.6 is 0 Å². The summed E-state index contributed by atoms with van der Waals surface area (Å²) in [7, 11) is 2.52. The molecule has 0 saturated heterocycles. The third-order valence-electron chi connectivity index (χ3n) is 2.43. The van der Waals surface area contributed by atoms with Crippen LogP contribution in [-0.4, -0.2) is 36.5 Å². The number of methoxy groups -OCH3 is 2. The van der Waals surface area contributed by atoms with Gasteiger partial charge in [-0.2, -0.15) is 5.26 Å². The summed E-state index contributed by atoms with van der Waals surface area (Å²) in [6, 6.07) is 6.16. The van der Waals surface area contributed by atoms with Crippen molar-refractivity contribution < 1.29 is 24.5 Å². The molecule has 0 aliphatic carbocycles. The zero-order chi connectivity index (χ0) is 13.7. The second kappa shape index (κ2) is 6.00. The lowest BCUT2D eigenvalue weighted by molar-refractivity contribution is -0.156. The topological polar surface area (TPSA) is 99.8 Å². The van der Waals surface area contributed by atoms with Gasteiger partial charge in [0.05, 0.1) is 19.8 Å². The maximum absolute atomic E-state index is 11.1. The minimum absolute atomic E-state index is 0.200. The average Bonchev–Trinajstić information content (AvgIpc) is 2.43. The molecule has 1 aromatic carbocycles. The largest absolute Gasteiger partial charge is 0.495 e. The highest BCUT2D eigenvalue weighted by atomic mass is 16.5. The number of hydrogen-bond donors (Lipinski definition) is 2. The molecule has 0 spiro atoms. The van der Waals surface area contributed by atoms with E-state index < -0.39 is 18.2 Å². The molecule has 1 aromatic rings. The summed E-state index contributed by atoms with van der Waals surface area (Å²) >= 11 is 0. The molecule has 0 amide bonds. The van der Waals surface area contributed by atoms with Crippen LogP contribution in [0.15, 0.2) is 18.2 Å². The molecular formula is C12H13NO5. The van der Waals surface area contributed by atoms with Gasteiger partial charge in [0.25, 0.3) is 0 Å². The molecule has 0 aliphatic heterocycles. The first-order chi connectivity index (χ1) is 8.54. The minimum Gasteiger partial charge on any atom is -0.495 e. The number of nitriles is 1. The van der Waals surface area contributed by atoms with E-state index in [1.54, 1.807) is 0 Å². The number of aliphatic hydroxyl groups excluding tert-OH is 2. The van der Waals surface area contributed by atoms with Crippen molar-refractivity contribution in [1.29, 1.82) is 5.26 Å². The summed E-state index contributed by atoms with van der Waals surface area (Å²) in [5.74, 6) is -0.599. The first-order valence-electron chi connectivity index (χ1n) is 5.07. The molecule has 0 bridgehead atoms. The molecule has 0 saturated carbocycles. The Balaban J connectivity index is 3.04. The molecule has 0 aliphatic rings. The van der Waals surface area contributed by atoms with E-state index in [2.05, 4.69) is 4.74 Å². The summed E-state index contributed by atoms with van der Waals surface area (Å²) < 4.78 is 9.26. The fourth-order valence-corrected chi connectivity index (χ4v) is 1.43. The molecule has 2 N–H and O–H groups in total. The highest BCUT2D eigenvalue weighted by molar-refractivity contribution is 5.75. The molecule has 1 rings (SSSR count). The van der Waals surface area contributed by atoms with E-state index in [4.69, 9.17) is 10.00 Å².